The predicted molar refractivity (Wildman–Crippen MR) is 81.2 cm³/mol. The minimum absolute atomic E-state index is 0.103. The third-order valence-corrected chi connectivity index (χ3v) is 4.69. The van der Waals surface area contributed by atoms with Crippen molar-refractivity contribution in [1.82, 2.24) is 19.4 Å². The lowest BCUT2D eigenvalue weighted by atomic mass is 10.1. The quantitative estimate of drug-likeness (QED) is 0.864. The maximum Gasteiger partial charge on any atom is 0.243 e. The lowest BCUT2D eigenvalue weighted by Gasteiger charge is -2.25. The van der Waals surface area contributed by atoms with E-state index in [2.05, 4.69) is 9.82 Å². The Morgan fingerprint density at radius 2 is 2.14 bits per heavy atom. The summed E-state index contributed by atoms with van der Waals surface area (Å²) in [5.41, 5.74) is 0.707. The van der Waals surface area contributed by atoms with E-state index in [1.165, 1.54) is 29.2 Å². The van der Waals surface area contributed by atoms with Crippen LogP contribution < -0.4 is 4.72 Å². The van der Waals surface area contributed by atoms with Gasteiger partial charge in [0.15, 0.2) is 0 Å². The van der Waals surface area contributed by atoms with E-state index in [1.54, 1.807) is 19.2 Å². The summed E-state index contributed by atoms with van der Waals surface area (Å²) < 4.78 is 41.8. The third kappa shape index (κ3) is 3.90. The van der Waals surface area contributed by atoms with Gasteiger partial charge in [0.25, 0.3) is 0 Å². The van der Waals surface area contributed by atoms with Gasteiger partial charge in [-0.15, -0.1) is 0 Å². The average molecular weight is 326 g/mol. The van der Waals surface area contributed by atoms with Gasteiger partial charge in [-0.1, -0.05) is 12.1 Å². The van der Waals surface area contributed by atoms with Gasteiger partial charge in [-0.2, -0.15) is 5.10 Å². The van der Waals surface area contributed by atoms with Crippen molar-refractivity contribution in [3.8, 4) is 0 Å². The summed E-state index contributed by atoms with van der Waals surface area (Å²) >= 11 is 0. The maximum absolute atomic E-state index is 13.4. The van der Waals surface area contributed by atoms with Crippen molar-refractivity contribution in [3.63, 3.8) is 0 Å². The molecule has 0 saturated heterocycles. The molecule has 0 aliphatic heterocycles. The molecule has 1 atom stereocenters. The van der Waals surface area contributed by atoms with Crippen LogP contribution in [0.1, 0.15) is 11.6 Å². The third-order valence-electron chi connectivity index (χ3n) is 3.31. The van der Waals surface area contributed by atoms with E-state index in [9.17, 15) is 12.8 Å². The van der Waals surface area contributed by atoms with Gasteiger partial charge in [-0.05, 0) is 31.8 Å². The number of halogens is 1. The summed E-state index contributed by atoms with van der Waals surface area (Å²) in [5, 5.41) is 3.85. The fraction of sp³-hybridized carbons (Fsp3) is 0.357. The summed E-state index contributed by atoms with van der Waals surface area (Å²) in [6.07, 6.45) is 2.71. The molecule has 0 bridgehead atoms. The van der Waals surface area contributed by atoms with Crippen molar-refractivity contribution < 1.29 is 12.8 Å². The largest absolute Gasteiger partial charge is 0.301 e. The number of aryl methyl sites for hydroxylation is 1. The van der Waals surface area contributed by atoms with Gasteiger partial charge >= 0.3 is 0 Å². The Kier molecular flexibility index (Phi) is 4.94. The average Bonchev–Trinajstić information content (AvgIpc) is 2.86. The smallest absolute Gasteiger partial charge is 0.243 e. The number of rotatable bonds is 6. The van der Waals surface area contributed by atoms with Crippen LogP contribution in [0.2, 0.25) is 0 Å². The Bertz CT molecular complexity index is 743. The molecular formula is C14H19FN4O2S. The first-order chi connectivity index (χ1) is 10.3. The summed E-state index contributed by atoms with van der Waals surface area (Å²) in [6.45, 7) is 0.133. The molecule has 0 fully saturated rings. The highest BCUT2D eigenvalue weighted by Crippen LogP contribution is 2.19. The number of nitrogens with zero attached hydrogens (tertiary/aromatic N) is 3. The normalized spacial score (nSPS) is 13.5. The molecule has 0 amide bonds. The SMILES string of the molecule is CN(C)[C@@H](CNS(=O)(=O)c1cnn(C)c1)c1cccc(F)c1. The zero-order valence-electron chi connectivity index (χ0n) is 12.7. The first-order valence-corrected chi connectivity index (χ1v) is 8.18. The second-order valence-corrected chi connectivity index (χ2v) is 7.00. The minimum Gasteiger partial charge on any atom is -0.301 e. The van der Waals surface area contributed by atoms with Crippen LogP contribution in [0.25, 0.3) is 0 Å². The van der Waals surface area contributed by atoms with Crippen molar-refractivity contribution >= 4 is 10.0 Å². The van der Waals surface area contributed by atoms with Crippen LogP contribution in [0.4, 0.5) is 4.39 Å². The Labute approximate surface area is 129 Å². The van der Waals surface area contributed by atoms with E-state index in [4.69, 9.17) is 0 Å². The molecule has 0 aliphatic rings. The molecule has 1 N–H and O–H groups in total. The van der Waals surface area contributed by atoms with Crippen LogP contribution in [0.3, 0.4) is 0 Å². The lowest BCUT2D eigenvalue weighted by molar-refractivity contribution is 0.299. The van der Waals surface area contributed by atoms with Crippen molar-refractivity contribution in [3.05, 3.63) is 48.0 Å². The molecule has 0 spiro atoms. The van der Waals surface area contributed by atoms with Crippen LogP contribution in [0.15, 0.2) is 41.6 Å². The molecule has 1 aromatic heterocycles. The number of sulfonamides is 1. The van der Waals surface area contributed by atoms with E-state index in [1.807, 2.05) is 19.0 Å². The number of hydrogen-bond acceptors (Lipinski definition) is 4. The zero-order valence-corrected chi connectivity index (χ0v) is 13.5. The van der Waals surface area contributed by atoms with Crippen LogP contribution in [-0.2, 0) is 17.1 Å². The number of aromatic nitrogens is 2. The molecule has 22 heavy (non-hydrogen) atoms. The van der Waals surface area contributed by atoms with E-state index in [0.717, 1.165) is 0 Å². The maximum atomic E-state index is 13.4. The predicted octanol–water partition coefficient (Wildman–Crippen LogP) is 1.14. The van der Waals surface area contributed by atoms with Crippen LogP contribution in [0, 0.1) is 5.82 Å². The molecular weight excluding hydrogens is 307 g/mol. The molecule has 0 radical (unpaired) electrons. The summed E-state index contributed by atoms with van der Waals surface area (Å²) in [4.78, 5) is 1.94. The standard InChI is InChI=1S/C14H19FN4O2S/c1-18(2)14(11-5-4-6-12(15)7-11)9-17-22(20,21)13-8-16-19(3)10-13/h4-8,10,14,17H,9H2,1-3H3/t14-/m0/s1. The van der Waals surface area contributed by atoms with Gasteiger partial charge < -0.3 is 4.90 Å². The molecule has 2 rings (SSSR count). The molecule has 8 heteroatoms. The van der Waals surface area contributed by atoms with Gasteiger partial charge in [0.05, 0.1) is 6.20 Å². The highest BCUT2D eigenvalue weighted by molar-refractivity contribution is 7.89. The Hall–Kier alpha value is -1.77. The monoisotopic (exact) mass is 326 g/mol. The van der Waals surface area contributed by atoms with Crippen LogP contribution in [-0.4, -0.2) is 43.7 Å². The van der Waals surface area contributed by atoms with Crippen molar-refractivity contribution in [2.75, 3.05) is 20.6 Å². The van der Waals surface area contributed by atoms with Crippen molar-refractivity contribution in [2.24, 2.45) is 7.05 Å². The van der Waals surface area contributed by atoms with E-state index < -0.39 is 10.0 Å². The van der Waals surface area contributed by atoms with Gasteiger partial charge in [-0.25, -0.2) is 17.5 Å². The molecule has 1 aromatic carbocycles. The molecule has 0 saturated carbocycles. The molecule has 6 nitrogen and oxygen atoms in total. The number of likely N-dealkylation sites (N-methyl/N-ethyl adjacent to an activating group) is 1. The second kappa shape index (κ2) is 6.55. The fourth-order valence-electron chi connectivity index (χ4n) is 2.12. The molecule has 1 heterocycles. The minimum atomic E-state index is -3.64. The number of benzene rings is 1. The number of nitrogens with one attached hydrogen (secondary N) is 1. The first-order valence-electron chi connectivity index (χ1n) is 6.70. The fourth-order valence-corrected chi connectivity index (χ4v) is 3.14. The van der Waals surface area contributed by atoms with Crippen LogP contribution in [0.5, 0.6) is 0 Å². The summed E-state index contributed by atoms with van der Waals surface area (Å²) in [7, 11) is 1.63. The zero-order chi connectivity index (χ0) is 16.3. The van der Waals surface area contributed by atoms with E-state index >= 15 is 0 Å². The van der Waals surface area contributed by atoms with Crippen LogP contribution >= 0.6 is 0 Å². The number of hydrogen-bond donors (Lipinski definition) is 1. The Morgan fingerprint density at radius 1 is 1.41 bits per heavy atom. The highest BCUT2D eigenvalue weighted by atomic mass is 32.2. The molecule has 120 valence electrons. The molecule has 0 unspecified atom stereocenters. The highest BCUT2D eigenvalue weighted by Gasteiger charge is 2.21. The summed E-state index contributed by atoms with van der Waals surface area (Å²) in [6, 6.07) is 5.87. The Morgan fingerprint density at radius 3 is 2.68 bits per heavy atom. The van der Waals surface area contributed by atoms with Crippen molar-refractivity contribution in [2.45, 2.75) is 10.9 Å². The lowest BCUT2D eigenvalue weighted by Crippen LogP contribution is -2.34. The Balaban J connectivity index is 2.16. The van der Waals surface area contributed by atoms with Gasteiger partial charge in [0.1, 0.15) is 10.7 Å². The van der Waals surface area contributed by atoms with E-state index in [-0.39, 0.29) is 23.3 Å². The van der Waals surface area contributed by atoms with E-state index in [0.29, 0.717) is 5.56 Å². The van der Waals surface area contributed by atoms with Crippen molar-refractivity contribution in [1.29, 1.82) is 0 Å². The molecule has 0 aliphatic carbocycles. The van der Waals surface area contributed by atoms with Gasteiger partial charge in [0.2, 0.25) is 10.0 Å². The summed E-state index contributed by atoms with van der Waals surface area (Å²) in [5.74, 6) is -0.348. The van der Waals surface area contributed by atoms with Gasteiger partial charge in [0, 0.05) is 25.8 Å². The topological polar surface area (TPSA) is 67.2 Å². The van der Waals surface area contributed by atoms with Gasteiger partial charge in [-0.3, -0.25) is 4.68 Å². The second-order valence-electron chi connectivity index (χ2n) is 5.24. The molecule has 2 aromatic rings. The first kappa shape index (κ1) is 16.6.